The highest BCUT2D eigenvalue weighted by molar-refractivity contribution is 6.16. The third kappa shape index (κ3) is 7.86. The average Bonchev–Trinajstić information content (AvgIpc) is 3.14. The molecule has 4 aliphatic heterocycles. The fourth-order valence-electron chi connectivity index (χ4n) is 7.53. The molecule has 0 aromatic heterocycles. The summed E-state index contributed by atoms with van der Waals surface area (Å²) in [5.41, 5.74) is -1.14. The molecule has 2 N–H and O–H groups in total. The second kappa shape index (κ2) is 15.2. The molecule has 7 aliphatic rings. The topological polar surface area (TPSA) is 217 Å². The highest BCUT2D eigenvalue weighted by Crippen LogP contribution is 2.46. The van der Waals surface area contributed by atoms with Crippen molar-refractivity contribution in [1.82, 2.24) is 0 Å². The molecule has 296 valence electrons. The third-order valence-corrected chi connectivity index (χ3v) is 10.5. The number of aliphatic hydroxyl groups excluding tert-OH is 2. The molecule has 0 radical (unpaired) electrons. The van der Waals surface area contributed by atoms with Gasteiger partial charge in [-0.1, -0.05) is 49.3 Å². The smallest absolute Gasteiger partial charge is 0.348 e. The van der Waals surface area contributed by atoms with Crippen molar-refractivity contribution in [3.05, 3.63) is 94.9 Å². The van der Waals surface area contributed by atoms with Crippen molar-refractivity contribution in [3.63, 3.8) is 0 Å². The van der Waals surface area contributed by atoms with E-state index in [1.54, 1.807) is 0 Å². The van der Waals surface area contributed by atoms with Crippen LogP contribution in [0.25, 0.3) is 0 Å². The van der Waals surface area contributed by atoms with E-state index in [1.807, 2.05) is 0 Å². The van der Waals surface area contributed by atoms with Gasteiger partial charge in [0.2, 0.25) is 0 Å². The predicted octanol–water partition coefficient (Wildman–Crippen LogP) is 5.24. The Kier molecular flexibility index (Phi) is 10.4. The van der Waals surface area contributed by atoms with Gasteiger partial charge in [-0.15, -0.1) is 0 Å². The molecule has 5 fully saturated rings. The zero-order valence-electron chi connectivity index (χ0n) is 30.3. The van der Waals surface area contributed by atoms with E-state index in [0.717, 1.165) is 38.5 Å². The number of esters is 6. The number of allylic oxidation sites excluding steroid dienone is 8. The van der Waals surface area contributed by atoms with E-state index in [0.29, 0.717) is 25.7 Å². The Bertz CT molecular complexity index is 1760. The minimum Gasteiger partial charge on any atom is -0.480 e. The van der Waals surface area contributed by atoms with Crippen LogP contribution in [0.2, 0.25) is 0 Å². The second-order valence-electron chi connectivity index (χ2n) is 14.4. The summed E-state index contributed by atoms with van der Waals surface area (Å²) >= 11 is 0. The number of carbonyl (C=O) groups is 6. The van der Waals surface area contributed by atoms with Gasteiger partial charge < -0.3 is 48.1 Å². The van der Waals surface area contributed by atoms with Gasteiger partial charge in [0.25, 0.3) is 35.0 Å². The summed E-state index contributed by atoms with van der Waals surface area (Å²) in [6.45, 7) is 0. The van der Waals surface area contributed by atoms with E-state index in [4.69, 9.17) is 37.9 Å². The number of ether oxygens (including phenoxy) is 8. The van der Waals surface area contributed by atoms with Crippen LogP contribution in [0.1, 0.15) is 89.9 Å². The van der Waals surface area contributed by atoms with Crippen LogP contribution in [0.15, 0.2) is 94.9 Å². The lowest BCUT2D eigenvalue weighted by molar-refractivity contribution is -0.302. The van der Waals surface area contributed by atoms with Crippen molar-refractivity contribution < 1.29 is 76.9 Å². The van der Waals surface area contributed by atoms with Gasteiger partial charge in [0.1, 0.15) is 22.3 Å². The van der Waals surface area contributed by atoms with Gasteiger partial charge in [0.05, 0.1) is 0 Å². The molecular weight excluding hydrogens is 736 g/mol. The summed E-state index contributed by atoms with van der Waals surface area (Å²) in [4.78, 5) is 75.8. The zero-order valence-corrected chi connectivity index (χ0v) is 30.3. The summed E-state index contributed by atoms with van der Waals surface area (Å²) in [6.07, 6.45) is 19.8. The molecule has 4 spiro atoms. The van der Waals surface area contributed by atoms with Gasteiger partial charge in [0, 0.05) is 51.4 Å². The van der Waals surface area contributed by atoms with Crippen LogP contribution in [0.5, 0.6) is 0 Å². The normalized spacial score (nSPS) is 25.7. The van der Waals surface area contributed by atoms with Crippen LogP contribution in [-0.2, 0) is 66.7 Å². The van der Waals surface area contributed by atoms with Gasteiger partial charge in [-0.2, -0.15) is 0 Å². The van der Waals surface area contributed by atoms with E-state index < -0.39 is 70.9 Å². The number of hydrogen-bond donors (Lipinski definition) is 2. The molecule has 3 saturated carbocycles. The van der Waals surface area contributed by atoms with E-state index in [2.05, 4.69) is 0 Å². The Morgan fingerprint density at radius 1 is 0.357 bits per heavy atom. The zero-order chi connectivity index (χ0) is 39.6. The maximum Gasteiger partial charge on any atom is 0.348 e. The van der Waals surface area contributed by atoms with E-state index in [9.17, 15) is 39.0 Å². The van der Waals surface area contributed by atoms with Crippen molar-refractivity contribution in [3.8, 4) is 0 Å². The first-order valence-electron chi connectivity index (χ1n) is 18.6. The van der Waals surface area contributed by atoms with Crippen LogP contribution in [0.4, 0.5) is 0 Å². The highest BCUT2D eigenvalue weighted by Gasteiger charge is 2.55. The Labute approximate surface area is 320 Å². The van der Waals surface area contributed by atoms with Crippen LogP contribution in [0, 0.1) is 0 Å². The Morgan fingerprint density at radius 2 is 0.661 bits per heavy atom. The van der Waals surface area contributed by atoms with Crippen molar-refractivity contribution in [1.29, 1.82) is 0 Å². The Morgan fingerprint density at radius 3 is 0.982 bits per heavy atom. The molecule has 2 saturated heterocycles. The van der Waals surface area contributed by atoms with Gasteiger partial charge in [0.15, 0.2) is 0 Å². The summed E-state index contributed by atoms with van der Waals surface area (Å²) < 4.78 is 44.2. The molecular formula is C40H40O16. The van der Waals surface area contributed by atoms with Gasteiger partial charge >= 0.3 is 35.8 Å². The standard InChI is InChI=1S/C40H40O16/c41-29-25(30(42)50-37(49-29)17-9-3-10-18-37)13-5-1-7-15-27-33(45)53-39(54-34(27)46)21-23-40(24-22-39)55-35(47)28(36(48)56-40)16-8-2-6-14-26-31(43)51-38(52-32(26)44)19-11-4-12-20-38/h1-2,5-8,13-16,45,47H,3-4,9-12,17-24H2. The molecule has 56 heavy (non-hydrogen) atoms. The minimum atomic E-state index is -1.59. The van der Waals surface area contributed by atoms with Crippen molar-refractivity contribution in [2.45, 2.75) is 113 Å². The summed E-state index contributed by atoms with van der Waals surface area (Å²) in [5, 5.41) is 21.2. The molecule has 7 rings (SSSR count). The Balaban J connectivity index is 0.912. The summed E-state index contributed by atoms with van der Waals surface area (Å²) in [6, 6.07) is 0. The van der Waals surface area contributed by atoms with Gasteiger partial charge in [-0.3, -0.25) is 0 Å². The number of aliphatic hydroxyl groups is 2. The third-order valence-electron chi connectivity index (χ3n) is 10.5. The molecule has 3 aliphatic carbocycles. The number of rotatable bonds is 6. The fraction of sp³-hybridized carbons (Fsp3) is 0.450. The number of hydrogen-bond acceptors (Lipinski definition) is 16. The van der Waals surface area contributed by atoms with Crippen LogP contribution < -0.4 is 0 Å². The quantitative estimate of drug-likeness (QED) is 0.116. The fourth-order valence-corrected chi connectivity index (χ4v) is 7.53. The van der Waals surface area contributed by atoms with Crippen molar-refractivity contribution >= 4 is 35.8 Å². The predicted molar refractivity (Wildman–Crippen MR) is 186 cm³/mol. The monoisotopic (exact) mass is 776 g/mol. The lowest BCUT2D eigenvalue weighted by atomic mass is 9.87. The highest BCUT2D eigenvalue weighted by atomic mass is 16.8. The molecule has 16 heteroatoms. The number of carbonyl (C=O) groups excluding carboxylic acids is 6. The first-order valence-corrected chi connectivity index (χ1v) is 18.6. The van der Waals surface area contributed by atoms with Crippen molar-refractivity contribution in [2.24, 2.45) is 0 Å². The molecule has 0 aromatic carbocycles. The van der Waals surface area contributed by atoms with Crippen LogP contribution in [0.3, 0.4) is 0 Å². The second-order valence-corrected chi connectivity index (χ2v) is 14.4. The first kappa shape index (κ1) is 38.2. The molecule has 16 nitrogen and oxygen atoms in total. The largest absolute Gasteiger partial charge is 0.480 e. The SMILES string of the molecule is O=C1OC2(CCCCC2)OC(=O)C1=CC=CC=CC1=C(O)OC2(CCC3(CC2)OC(=O)C(C=CC=CC=C2C(=O)OC4(CCCCC4)OC2=O)=C(O)O3)OC1=O. The lowest BCUT2D eigenvalue weighted by Crippen LogP contribution is -2.53. The minimum absolute atomic E-state index is 0.0735. The average molecular weight is 777 g/mol. The van der Waals surface area contributed by atoms with Gasteiger partial charge in [-0.05, 0) is 50.0 Å². The molecule has 0 aromatic rings. The van der Waals surface area contributed by atoms with Crippen LogP contribution in [-0.4, -0.2) is 69.2 Å². The van der Waals surface area contributed by atoms with E-state index in [1.165, 1.54) is 60.8 Å². The maximum absolute atomic E-state index is 12.9. The lowest BCUT2D eigenvalue weighted by Gasteiger charge is -2.46. The van der Waals surface area contributed by atoms with E-state index >= 15 is 0 Å². The molecule has 0 amide bonds. The molecule has 0 atom stereocenters. The first-order chi connectivity index (χ1) is 26.8. The molecule has 0 bridgehead atoms. The maximum atomic E-state index is 12.9. The molecule has 4 heterocycles. The molecule has 0 unspecified atom stereocenters. The van der Waals surface area contributed by atoms with E-state index in [-0.39, 0.29) is 48.0 Å². The summed E-state index contributed by atoms with van der Waals surface area (Å²) in [5.74, 6) is -11.9. The van der Waals surface area contributed by atoms with Gasteiger partial charge in [-0.25, -0.2) is 28.8 Å². The van der Waals surface area contributed by atoms with Crippen LogP contribution >= 0.6 is 0 Å². The summed E-state index contributed by atoms with van der Waals surface area (Å²) in [7, 11) is 0. The van der Waals surface area contributed by atoms with Crippen molar-refractivity contribution in [2.75, 3.05) is 0 Å². The Hall–Kier alpha value is -6.06.